The highest BCUT2D eigenvalue weighted by atomic mass is 16.5. The van der Waals surface area contributed by atoms with Crippen LogP contribution in [0.3, 0.4) is 0 Å². The molecule has 1 aliphatic rings. The van der Waals surface area contributed by atoms with Crippen LogP contribution in [0.4, 0.5) is 0 Å². The number of nitrogens with one attached hydrogen (secondary N) is 1. The average Bonchev–Trinajstić information content (AvgIpc) is 3.29. The fraction of sp³-hybridized carbons (Fsp3) is 0.353. The minimum Gasteiger partial charge on any atom is -0.489 e. The van der Waals surface area contributed by atoms with E-state index < -0.39 is 0 Å². The van der Waals surface area contributed by atoms with Gasteiger partial charge in [-0.2, -0.15) is 0 Å². The molecule has 0 spiro atoms. The Kier molecular flexibility index (Phi) is 3.97. The molecule has 0 unspecified atom stereocenters. The van der Waals surface area contributed by atoms with E-state index in [-0.39, 0.29) is 0 Å². The molecule has 3 rings (SSSR count). The van der Waals surface area contributed by atoms with Crippen molar-refractivity contribution in [3.63, 3.8) is 0 Å². The first kappa shape index (κ1) is 13.1. The third-order valence-corrected chi connectivity index (χ3v) is 3.45. The van der Waals surface area contributed by atoms with Crippen LogP contribution in [-0.4, -0.2) is 17.6 Å². The van der Waals surface area contributed by atoms with Crippen molar-refractivity contribution in [3.8, 4) is 5.75 Å². The summed E-state index contributed by atoms with van der Waals surface area (Å²) in [6.07, 6.45) is 6.59. The van der Waals surface area contributed by atoms with Gasteiger partial charge in [0.25, 0.3) is 0 Å². The highest BCUT2D eigenvalue weighted by Gasteiger charge is 2.20. The molecule has 1 fully saturated rings. The van der Waals surface area contributed by atoms with Gasteiger partial charge in [0.15, 0.2) is 0 Å². The first-order valence-corrected chi connectivity index (χ1v) is 7.23. The van der Waals surface area contributed by atoms with Crippen LogP contribution >= 0.6 is 0 Å². The van der Waals surface area contributed by atoms with Crippen molar-refractivity contribution < 1.29 is 4.74 Å². The molecule has 0 radical (unpaired) electrons. The molecule has 104 valence electrons. The highest BCUT2D eigenvalue weighted by molar-refractivity contribution is 5.85. The Morgan fingerprint density at radius 3 is 3.00 bits per heavy atom. The topological polar surface area (TPSA) is 34.1 Å². The van der Waals surface area contributed by atoms with Gasteiger partial charge in [-0.3, -0.25) is 4.98 Å². The predicted molar refractivity (Wildman–Crippen MR) is 81.9 cm³/mol. The molecule has 1 heterocycles. The first-order valence-electron chi connectivity index (χ1n) is 7.23. The maximum atomic E-state index is 5.87. The lowest BCUT2D eigenvalue weighted by atomic mass is 10.2. The van der Waals surface area contributed by atoms with Gasteiger partial charge >= 0.3 is 0 Å². The zero-order chi connectivity index (χ0) is 13.8. The van der Waals surface area contributed by atoms with Crippen LogP contribution in [0.15, 0.2) is 42.5 Å². The lowest BCUT2D eigenvalue weighted by Gasteiger charge is -2.10. The zero-order valence-electron chi connectivity index (χ0n) is 11.8. The van der Waals surface area contributed by atoms with E-state index in [1.54, 1.807) is 0 Å². The van der Waals surface area contributed by atoms with Gasteiger partial charge in [-0.1, -0.05) is 24.3 Å². The second kappa shape index (κ2) is 6.06. The summed E-state index contributed by atoms with van der Waals surface area (Å²) in [7, 11) is 0. The van der Waals surface area contributed by atoms with Crippen LogP contribution in [-0.2, 0) is 6.54 Å². The van der Waals surface area contributed by atoms with Gasteiger partial charge in [-0.25, -0.2) is 0 Å². The number of pyridine rings is 1. The molecule has 0 aliphatic heterocycles. The lowest BCUT2D eigenvalue weighted by molar-refractivity contribution is 0.366. The maximum absolute atomic E-state index is 5.87. The van der Waals surface area contributed by atoms with Crippen LogP contribution in [0.5, 0.6) is 5.75 Å². The molecule has 3 nitrogen and oxygen atoms in total. The van der Waals surface area contributed by atoms with E-state index in [4.69, 9.17) is 9.72 Å². The van der Waals surface area contributed by atoms with E-state index in [0.29, 0.717) is 12.6 Å². The zero-order valence-corrected chi connectivity index (χ0v) is 11.8. The molecule has 0 bridgehead atoms. The minimum atomic E-state index is 0.597. The van der Waals surface area contributed by atoms with Crippen molar-refractivity contribution in [3.05, 3.63) is 48.2 Å². The smallest absolute Gasteiger partial charge is 0.131 e. The molecule has 0 atom stereocenters. The van der Waals surface area contributed by atoms with Gasteiger partial charge in [0.1, 0.15) is 12.4 Å². The number of hydrogen-bond acceptors (Lipinski definition) is 3. The Labute approximate surface area is 119 Å². The van der Waals surface area contributed by atoms with Gasteiger partial charge in [-0.15, -0.1) is 0 Å². The Hall–Kier alpha value is -1.87. The van der Waals surface area contributed by atoms with E-state index in [9.17, 15) is 0 Å². The maximum Gasteiger partial charge on any atom is 0.131 e. The molecule has 1 aromatic carbocycles. The summed E-state index contributed by atoms with van der Waals surface area (Å²) in [6.45, 7) is 3.41. The van der Waals surface area contributed by atoms with Gasteiger partial charge in [-0.05, 0) is 31.9 Å². The fourth-order valence-electron chi connectivity index (χ4n) is 2.18. The lowest BCUT2D eigenvalue weighted by Crippen LogP contribution is -2.16. The van der Waals surface area contributed by atoms with Crippen molar-refractivity contribution in [2.24, 2.45) is 0 Å². The molecule has 3 heteroatoms. The molecule has 0 saturated heterocycles. The highest BCUT2D eigenvalue weighted by Crippen LogP contribution is 2.26. The van der Waals surface area contributed by atoms with Gasteiger partial charge in [0.05, 0.1) is 11.2 Å². The number of allylic oxidation sites excluding steroid dienone is 1. The first-order chi connectivity index (χ1) is 9.86. The second-order valence-corrected chi connectivity index (χ2v) is 5.16. The monoisotopic (exact) mass is 268 g/mol. The molecule has 2 aromatic rings. The number of benzene rings is 1. The Balaban J connectivity index is 1.86. The number of fused-ring (bicyclic) bond motifs is 1. The Morgan fingerprint density at radius 2 is 2.20 bits per heavy atom. The fourth-order valence-corrected chi connectivity index (χ4v) is 2.18. The van der Waals surface area contributed by atoms with Crippen LogP contribution in [0.25, 0.3) is 10.9 Å². The number of hydrogen-bond donors (Lipinski definition) is 1. The number of ether oxygens (including phenoxy) is 1. The standard InChI is InChI=1S/C17H20N2O/c1-2-3-10-20-17-11-14(12-18-13-8-9-13)19-16-7-5-4-6-15(16)17/h2-7,11,13,18H,8-10,12H2,1H3. The van der Waals surface area contributed by atoms with E-state index >= 15 is 0 Å². The van der Waals surface area contributed by atoms with Crippen LogP contribution in [0.1, 0.15) is 25.5 Å². The van der Waals surface area contributed by atoms with E-state index in [2.05, 4.69) is 17.4 Å². The number of rotatable bonds is 6. The van der Waals surface area contributed by atoms with Crippen molar-refractivity contribution in [1.29, 1.82) is 0 Å². The largest absolute Gasteiger partial charge is 0.489 e. The van der Waals surface area contributed by atoms with Crippen molar-refractivity contribution in [2.75, 3.05) is 6.61 Å². The summed E-state index contributed by atoms with van der Waals surface area (Å²) in [6, 6.07) is 10.9. The molecule has 0 amide bonds. The SMILES string of the molecule is CC=CCOc1cc(CNC2CC2)nc2ccccc12. The Bertz CT molecular complexity index is 617. The summed E-state index contributed by atoms with van der Waals surface area (Å²) in [5.41, 5.74) is 2.05. The second-order valence-electron chi connectivity index (χ2n) is 5.16. The van der Waals surface area contributed by atoms with Crippen molar-refractivity contribution in [1.82, 2.24) is 10.3 Å². The third-order valence-electron chi connectivity index (χ3n) is 3.45. The molecule has 1 aliphatic carbocycles. The predicted octanol–water partition coefficient (Wildman–Crippen LogP) is 3.44. The molecule has 20 heavy (non-hydrogen) atoms. The summed E-state index contributed by atoms with van der Waals surface area (Å²) < 4.78 is 5.87. The van der Waals surface area contributed by atoms with Crippen LogP contribution in [0, 0.1) is 0 Å². The summed E-state index contributed by atoms with van der Waals surface area (Å²) >= 11 is 0. The van der Waals surface area contributed by atoms with Crippen molar-refractivity contribution in [2.45, 2.75) is 32.4 Å². The van der Waals surface area contributed by atoms with E-state index in [0.717, 1.165) is 28.9 Å². The number of aromatic nitrogens is 1. The number of nitrogens with zero attached hydrogens (tertiary/aromatic N) is 1. The normalized spacial score (nSPS) is 15.1. The van der Waals surface area contributed by atoms with Crippen LogP contribution in [0.2, 0.25) is 0 Å². The average molecular weight is 268 g/mol. The summed E-state index contributed by atoms with van der Waals surface area (Å²) in [4.78, 5) is 4.70. The van der Waals surface area contributed by atoms with Crippen LogP contribution < -0.4 is 10.1 Å². The quantitative estimate of drug-likeness (QED) is 0.815. The van der Waals surface area contributed by atoms with E-state index in [1.807, 2.05) is 37.3 Å². The molecular weight excluding hydrogens is 248 g/mol. The minimum absolute atomic E-state index is 0.597. The molecular formula is C17H20N2O. The Morgan fingerprint density at radius 1 is 1.35 bits per heavy atom. The number of para-hydroxylation sites is 1. The van der Waals surface area contributed by atoms with Gasteiger partial charge < -0.3 is 10.1 Å². The van der Waals surface area contributed by atoms with Gasteiger partial charge in [0, 0.05) is 24.0 Å². The molecule has 1 saturated carbocycles. The van der Waals surface area contributed by atoms with Gasteiger partial charge in [0.2, 0.25) is 0 Å². The molecule has 1 aromatic heterocycles. The van der Waals surface area contributed by atoms with Crippen molar-refractivity contribution >= 4 is 10.9 Å². The third kappa shape index (κ3) is 3.17. The molecule has 1 N–H and O–H groups in total. The van der Waals surface area contributed by atoms with E-state index in [1.165, 1.54) is 12.8 Å². The summed E-state index contributed by atoms with van der Waals surface area (Å²) in [5, 5.41) is 4.58. The summed E-state index contributed by atoms with van der Waals surface area (Å²) in [5.74, 6) is 0.918.